The number of benzene rings is 1. The molecular formula is C11H9FN4S. The van der Waals surface area contributed by atoms with Crippen LogP contribution in [0.2, 0.25) is 0 Å². The van der Waals surface area contributed by atoms with Crippen molar-refractivity contribution in [2.45, 2.75) is 0 Å². The highest BCUT2D eigenvalue weighted by atomic mass is 32.1. The van der Waals surface area contributed by atoms with E-state index in [4.69, 9.17) is 5.73 Å². The van der Waals surface area contributed by atoms with Crippen molar-refractivity contribution in [1.29, 1.82) is 0 Å². The van der Waals surface area contributed by atoms with Crippen LogP contribution < -0.4 is 11.2 Å². The van der Waals surface area contributed by atoms with Gasteiger partial charge in [-0.15, -0.1) is 0 Å². The van der Waals surface area contributed by atoms with Crippen LogP contribution in [-0.2, 0) is 0 Å². The number of rotatable bonds is 2. The van der Waals surface area contributed by atoms with Gasteiger partial charge in [-0.3, -0.25) is 10.4 Å². The molecule has 0 atom stereocenters. The quantitative estimate of drug-likeness (QED) is 0.481. The van der Waals surface area contributed by atoms with E-state index in [9.17, 15) is 4.39 Å². The minimum atomic E-state index is -0.361. The molecule has 0 spiro atoms. The molecule has 1 aromatic heterocycles. The molecule has 1 heterocycles. The van der Waals surface area contributed by atoms with Crippen molar-refractivity contribution in [3.8, 4) is 0 Å². The fourth-order valence-corrected chi connectivity index (χ4v) is 1.49. The molecule has 3 N–H and O–H groups in total. The monoisotopic (exact) mass is 248 g/mol. The first-order valence-electron chi connectivity index (χ1n) is 4.80. The van der Waals surface area contributed by atoms with Gasteiger partial charge in [-0.2, -0.15) is 5.10 Å². The summed E-state index contributed by atoms with van der Waals surface area (Å²) in [5.41, 5.74) is 8.18. The summed E-state index contributed by atoms with van der Waals surface area (Å²) < 4.78 is 13.5. The molecule has 86 valence electrons. The molecule has 0 aliphatic rings. The molecule has 0 radical (unpaired) electrons. The lowest BCUT2D eigenvalue weighted by Gasteiger charge is -2.02. The fourth-order valence-electron chi connectivity index (χ4n) is 1.44. The summed E-state index contributed by atoms with van der Waals surface area (Å²) in [6.07, 6.45) is 2.60. The maximum Gasteiger partial charge on any atom is 0.184 e. The molecule has 0 amide bonds. The van der Waals surface area contributed by atoms with E-state index in [1.165, 1.54) is 6.21 Å². The predicted octanol–water partition coefficient (Wildman–Crippen LogP) is 1.54. The minimum Gasteiger partial charge on any atom is -0.375 e. The molecule has 1 aromatic carbocycles. The van der Waals surface area contributed by atoms with E-state index in [-0.39, 0.29) is 10.9 Å². The van der Waals surface area contributed by atoms with Gasteiger partial charge in [-0.25, -0.2) is 4.39 Å². The van der Waals surface area contributed by atoms with Crippen LogP contribution >= 0.6 is 12.2 Å². The van der Waals surface area contributed by atoms with Crippen LogP contribution in [0.1, 0.15) is 5.69 Å². The zero-order chi connectivity index (χ0) is 12.3. The third-order valence-electron chi connectivity index (χ3n) is 2.14. The second-order valence-electron chi connectivity index (χ2n) is 3.27. The largest absolute Gasteiger partial charge is 0.375 e. The molecule has 0 unspecified atom stereocenters. The highest BCUT2D eigenvalue weighted by Gasteiger charge is 2.04. The van der Waals surface area contributed by atoms with Gasteiger partial charge in [0.15, 0.2) is 5.11 Å². The van der Waals surface area contributed by atoms with Crippen LogP contribution in [0.3, 0.4) is 0 Å². The smallest absolute Gasteiger partial charge is 0.184 e. The third kappa shape index (κ3) is 2.54. The number of nitrogens with two attached hydrogens (primary N) is 1. The number of aromatic nitrogens is 1. The Hall–Kier alpha value is -2.08. The summed E-state index contributed by atoms with van der Waals surface area (Å²) in [5.74, 6) is -0.361. The van der Waals surface area contributed by atoms with Crippen LogP contribution in [0.15, 0.2) is 35.6 Å². The number of halogens is 1. The topological polar surface area (TPSA) is 63.3 Å². The molecule has 0 saturated heterocycles. The predicted molar refractivity (Wildman–Crippen MR) is 69.2 cm³/mol. The number of hydrogen-bond acceptors (Lipinski definition) is 3. The zero-order valence-electron chi connectivity index (χ0n) is 8.72. The Kier molecular flexibility index (Phi) is 3.24. The highest BCUT2D eigenvalue weighted by molar-refractivity contribution is 7.80. The van der Waals surface area contributed by atoms with Crippen molar-refractivity contribution in [2.24, 2.45) is 10.8 Å². The molecule has 6 heteroatoms. The Morgan fingerprint density at radius 1 is 1.41 bits per heavy atom. The first-order chi connectivity index (χ1) is 8.18. The van der Waals surface area contributed by atoms with Gasteiger partial charge in [0, 0.05) is 10.8 Å². The standard InChI is InChI=1S/C11H9FN4S/c12-9-5-14-10(6-15-16-11(13)17)8-4-2-1-3-7(8)9/h1-6H,(H3,13,16,17)/b15-6+. The Morgan fingerprint density at radius 2 is 2.12 bits per heavy atom. The lowest BCUT2D eigenvalue weighted by molar-refractivity contribution is 0.634. The van der Waals surface area contributed by atoms with E-state index >= 15 is 0 Å². The van der Waals surface area contributed by atoms with Gasteiger partial charge in [0.25, 0.3) is 0 Å². The SMILES string of the molecule is NC(=S)N/N=C/c1ncc(F)c2ccccc12. The van der Waals surface area contributed by atoms with Crippen LogP contribution in [0.25, 0.3) is 10.8 Å². The van der Waals surface area contributed by atoms with Crippen LogP contribution in [0.4, 0.5) is 4.39 Å². The van der Waals surface area contributed by atoms with Crippen LogP contribution in [0, 0.1) is 5.82 Å². The molecule has 0 aliphatic heterocycles. The molecule has 2 rings (SSSR count). The number of hydrogen-bond donors (Lipinski definition) is 2. The maximum atomic E-state index is 13.5. The highest BCUT2D eigenvalue weighted by Crippen LogP contribution is 2.18. The maximum absolute atomic E-state index is 13.5. The van der Waals surface area contributed by atoms with Gasteiger partial charge >= 0.3 is 0 Å². The summed E-state index contributed by atoms with van der Waals surface area (Å²) in [4.78, 5) is 3.95. The van der Waals surface area contributed by atoms with Crippen molar-refractivity contribution >= 4 is 34.3 Å². The Labute approximate surface area is 102 Å². The first-order valence-corrected chi connectivity index (χ1v) is 5.21. The Bertz CT molecular complexity index is 597. The molecule has 4 nitrogen and oxygen atoms in total. The molecule has 0 saturated carbocycles. The first kappa shape index (κ1) is 11.4. The van der Waals surface area contributed by atoms with Gasteiger partial charge < -0.3 is 5.73 Å². The summed E-state index contributed by atoms with van der Waals surface area (Å²) in [5, 5.41) is 5.04. The van der Waals surface area contributed by atoms with E-state index in [2.05, 4.69) is 27.7 Å². The normalized spacial score (nSPS) is 10.9. The second-order valence-corrected chi connectivity index (χ2v) is 3.71. The molecule has 0 aliphatic carbocycles. The number of pyridine rings is 1. The van der Waals surface area contributed by atoms with Crippen molar-refractivity contribution in [3.05, 3.63) is 42.0 Å². The van der Waals surface area contributed by atoms with E-state index in [1.54, 1.807) is 18.2 Å². The van der Waals surface area contributed by atoms with Crippen molar-refractivity contribution in [2.75, 3.05) is 0 Å². The summed E-state index contributed by atoms with van der Waals surface area (Å²) in [7, 11) is 0. The number of nitrogens with one attached hydrogen (secondary N) is 1. The van der Waals surface area contributed by atoms with Crippen molar-refractivity contribution < 1.29 is 4.39 Å². The minimum absolute atomic E-state index is 0.0627. The fraction of sp³-hybridized carbons (Fsp3) is 0. The Morgan fingerprint density at radius 3 is 2.82 bits per heavy atom. The number of fused-ring (bicyclic) bond motifs is 1. The van der Waals surface area contributed by atoms with Gasteiger partial charge in [0.1, 0.15) is 5.82 Å². The lowest BCUT2D eigenvalue weighted by Crippen LogP contribution is -2.24. The summed E-state index contributed by atoms with van der Waals surface area (Å²) in [6, 6.07) is 7.03. The van der Waals surface area contributed by atoms with Gasteiger partial charge in [-0.05, 0) is 12.2 Å². The molecular weight excluding hydrogens is 239 g/mol. The second kappa shape index (κ2) is 4.84. The third-order valence-corrected chi connectivity index (χ3v) is 2.23. The van der Waals surface area contributed by atoms with Crippen LogP contribution in [0.5, 0.6) is 0 Å². The molecule has 0 bridgehead atoms. The zero-order valence-corrected chi connectivity index (χ0v) is 9.54. The summed E-state index contributed by atoms with van der Waals surface area (Å²) in [6.45, 7) is 0. The molecule has 0 fully saturated rings. The van der Waals surface area contributed by atoms with E-state index in [0.717, 1.165) is 6.20 Å². The Balaban J connectivity index is 2.45. The van der Waals surface area contributed by atoms with Crippen molar-refractivity contribution in [3.63, 3.8) is 0 Å². The van der Waals surface area contributed by atoms with E-state index < -0.39 is 0 Å². The van der Waals surface area contributed by atoms with Crippen molar-refractivity contribution in [1.82, 2.24) is 10.4 Å². The van der Waals surface area contributed by atoms with Gasteiger partial charge in [0.05, 0.1) is 18.1 Å². The number of nitrogens with zero attached hydrogens (tertiary/aromatic N) is 2. The van der Waals surface area contributed by atoms with E-state index in [1.807, 2.05) is 6.07 Å². The van der Waals surface area contributed by atoms with Gasteiger partial charge in [-0.1, -0.05) is 24.3 Å². The average molecular weight is 248 g/mol. The van der Waals surface area contributed by atoms with E-state index in [0.29, 0.717) is 16.5 Å². The number of hydrazone groups is 1. The molecule has 17 heavy (non-hydrogen) atoms. The van der Waals surface area contributed by atoms with Gasteiger partial charge in [0.2, 0.25) is 0 Å². The van der Waals surface area contributed by atoms with Crippen LogP contribution in [-0.4, -0.2) is 16.3 Å². The number of thiocarbonyl (C=S) groups is 1. The molecule has 2 aromatic rings. The average Bonchev–Trinajstić information content (AvgIpc) is 2.32. The lowest BCUT2D eigenvalue weighted by atomic mass is 10.1. The summed E-state index contributed by atoms with van der Waals surface area (Å²) >= 11 is 4.60.